The van der Waals surface area contributed by atoms with Crippen molar-refractivity contribution in [3.05, 3.63) is 102 Å². The lowest BCUT2D eigenvalue weighted by molar-refractivity contribution is 0.0956. The summed E-state index contributed by atoms with van der Waals surface area (Å²) >= 11 is 0. The zero-order chi connectivity index (χ0) is 25.9. The van der Waals surface area contributed by atoms with Crippen LogP contribution >= 0.6 is 0 Å². The van der Waals surface area contributed by atoms with Gasteiger partial charge in [-0.15, -0.1) is 0 Å². The van der Waals surface area contributed by atoms with Crippen molar-refractivity contribution in [3.8, 4) is 16.9 Å². The molecule has 8 nitrogen and oxygen atoms in total. The number of para-hydroxylation sites is 2. The lowest BCUT2D eigenvalue weighted by Gasteiger charge is -2.20. The van der Waals surface area contributed by atoms with E-state index in [1.54, 1.807) is 24.7 Å². The van der Waals surface area contributed by atoms with Crippen molar-refractivity contribution < 1.29 is 4.79 Å². The summed E-state index contributed by atoms with van der Waals surface area (Å²) in [6.45, 7) is 3.90. The molecule has 0 unspecified atom stereocenters. The summed E-state index contributed by atoms with van der Waals surface area (Å²) in [5.74, 6) is 0.693. The van der Waals surface area contributed by atoms with Gasteiger partial charge in [-0.1, -0.05) is 36.4 Å². The predicted octanol–water partition coefficient (Wildman–Crippen LogP) is 5.16. The Morgan fingerprint density at radius 2 is 1.79 bits per heavy atom. The normalized spacial score (nSPS) is 13.4. The molecule has 1 amide bonds. The topological polar surface area (TPSA) is 88.3 Å². The number of aryl methyl sites for hydroxylation is 1. The first-order valence-electron chi connectivity index (χ1n) is 12.7. The number of nitrogens with zero attached hydrogens (tertiary/aromatic N) is 6. The van der Waals surface area contributed by atoms with E-state index >= 15 is 0 Å². The second kappa shape index (κ2) is 10.3. The van der Waals surface area contributed by atoms with Crippen LogP contribution in [0.4, 0.5) is 5.82 Å². The Labute approximate surface area is 220 Å². The Morgan fingerprint density at radius 3 is 2.58 bits per heavy atom. The van der Waals surface area contributed by atoms with Gasteiger partial charge in [-0.3, -0.25) is 9.78 Å². The molecule has 38 heavy (non-hydrogen) atoms. The highest BCUT2D eigenvalue weighted by molar-refractivity contribution is 6.07. The number of pyridine rings is 2. The fourth-order valence-electron chi connectivity index (χ4n) is 4.90. The largest absolute Gasteiger partial charge is 0.356 e. The van der Waals surface area contributed by atoms with Crippen molar-refractivity contribution >= 4 is 28.8 Å². The van der Waals surface area contributed by atoms with E-state index in [0.29, 0.717) is 11.3 Å². The van der Waals surface area contributed by atoms with Gasteiger partial charge in [0.1, 0.15) is 5.82 Å². The highest BCUT2D eigenvalue weighted by atomic mass is 16.2. The molecule has 5 aromatic rings. The summed E-state index contributed by atoms with van der Waals surface area (Å²) < 4.78 is 1.97. The first-order chi connectivity index (χ1) is 18.7. The fourth-order valence-corrected chi connectivity index (χ4v) is 4.90. The molecule has 0 radical (unpaired) electrons. The van der Waals surface area contributed by atoms with Crippen LogP contribution in [0.5, 0.6) is 0 Å². The molecular weight excluding hydrogens is 474 g/mol. The molecule has 0 spiro atoms. The van der Waals surface area contributed by atoms with Gasteiger partial charge in [-0.2, -0.15) is 10.2 Å². The van der Waals surface area contributed by atoms with Crippen LogP contribution in [0, 0.1) is 6.92 Å². The summed E-state index contributed by atoms with van der Waals surface area (Å²) in [5, 5.41) is 9.98. The molecule has 1 fully saturated rings. The Kier molecular flexibility index (Phi) is 6.35. The standard InChI is InChI=1S/C30H27N7O/c1-21-26(30(36-16-7-8-17-36)37(35-21)23-11-3-2-4-12-23)20-32-34-29(38)25-18-28(22-10-9-15-31-19-22)33-27-14-6-5-13-24(25)27/h2-6,9-15,18-20H,7-8,16-17H2,1H3,(H,34,38)/b32-20-. The SMILES string of the molecule is Cc1nn(-c2ccccc2)c(N2CCCC2)c1/C=N\NC(=O)c1cc(-c2cccnc2)nc2ccccc12. The average Bonchev–Trinajstić information content (AvgIpc) is 3.61. The Hall–Kier alpha value is -4.85. The quantitative estimate of drug-likeness (QED) is 0.257. The van der Waals surface area contributed by atoms with Gasteiger partial charge in [0, 0.05) is 36.4 Å². The van der Waals surface area contributed by atoms with Crippen molar-refractivity contribution in [2.24, 2.45) is 5.10 Å². The van der Waals surface area contributed by atoms with E-state index in [4.69, 9.17) is 10.1 Å². The van der Waals surface area contributed by atoms with Gasteiger partial charge in [-0.05, 0) is 56.2 Å². The third-order valence-corrected chi connectivity index (χ3v) is 6.77. The molecule has 1 aliphatic heterocycles. The number of hydrazone groups is 1. The Balaban J connectivity index is 1.34. The molecule has 3 aromatic heterocycles. The maximum Gasteiger partial charge on any atom is 0.272 e. The van der Waals surface area contributed by atoms with Gasteiger partial charge >= 0.3 is 0 Å². The van der Waals surface area contributed by atoms with Crippen LogP contribution in [0.3, 0.4) is 0 Å². The number of aromatic nitrogens is 4. The van der Waals surface area contributed by atoms with Crippen LogP contribution in [0.1, 0.15) is 34.5 Å². The van der Waals surface area contributed by atoms with Crippen molar-refractivity contribution in [2.45, 2.75) is 19.8 Å². The van der Waals surface area contributed by atoms with Gasteiger partial charge in [-0.25, -0.2) is 15.1 Å². The van der Waals surface area contributed by atoms with Gasteiger partial charge in [0.25, 0.3) is 5.91 Å². The number of hydrogen-bond acceptors (Lipinski definition) is 6. The molecule has 0 saturated carbocycles. The molecule has 188 valence electrons. The third kappa shape index (κ3) is 4.52. The zero-order valence-corrected chi connectivity index (χ0v) is 21.1. The van der Waals surface area contributed by atoms with Crippen molar-refractivity contribution in [3.63, 3.8) is 0 Å². The van der Waals surface area contributed by atoms with Crippen molar-refractivity contribution in [2.75, 3.05) is 18.0 Å². The second-order valence-corrected chi connectivity index (χ2v) is 9.28. The number of rotatable bonds is 6. The number of amides is 1. The molecule has 1 saturated heterocycles. The fraction of sp³-hybridized carbons (Fsp3) is 0.167. The first kappa shape index (κ1) is 23.5. The summed E-state index contributed by atoms with van der Waals surface area (Å²) in [5.41, 5.74) is 8.24. The van der Waals surface area contributed by atoms with Crippen LogP contribution in [-0.4, -0.2) is 45.0 Å². The Morgan fingerprint density at radius 1 is 1.00 bits per heavy atom. The van der Waals surface area contributed by atoms with E-state index < -0.39 is 0 Å². The molecule has 0 bridgehead atoms. The summed E-state index contributed by atoms with van der Waals surface area (Å²) in [6, 6.07) is 23.3. The highest BCUT2D eigenvalue weighted by Gasteiger charge is 2.23. The molecule has 6 rings (SSSR count). The van der Waals surface area contributed by atoms with Crippen LogP contribution in [0.15, 0.2) is 90.3 Å². The predicted molar refractivity (Wildman–Crippen MR) is 150 cm³/mol. The second-order valence-electron chi connectivity index (χ2n) is 9.28. The maximum absolute atomic E-state index is 13.4. The van der Waals surface area contributed by atoms with Gasteiger partial charge in [0.15, 0.2) is 0 Å². The molecule has 0 aliphatic carbocycles. The zero-order valence-electron chi connectivity index (χ0n) is 21.1. The van der Waals surface area contributed by atoms with Crippen LogP contribution in [-0.2, 0) is 0 Å². The van der Waals surface area contributed by atoms with E-state index in [1.165, 1.54) is 0 Å². The van der Waals surface area contributed by atoms with Gasteiger partial charge in [0.05, 0.1) is 39.9 Å². The lowest BCUT2D eigenvalue weighted by atomic mass is 10.0. The summed E-state index contributed by atoms with van der Waals surface area (Å²) in [6.07, 6.45) is 7.44. The average molecular weight is 502 g/mol. The van der Waals surface area contributed by atoms with Crippen LogP contribution in [0.25, 0.3) is 27.8 Å². The molecule has 1 aliphatic rings. The number of carbonyl (C=O) groups is 1. The van der Waals surface area contributed by atoms with Gasteiger partial charge < -0.3 is 4.90 Å². The minimum absolute atomic E-state index is 0.305. The number of carbonyl (C=O) groups excluding carboxylic acids is 1. The molecule has 8 heteroatoms. The highest BCUT2D eigenvalue weighted by Crippen LogP contribution is 2.29. The third-order valence-electron chi connectivity index (χ3n) is 6.77. The monoisotopic (exact) mass is 501 g/mol. The van der Waals surface area contributed by atoms with Crippen LogP contribution < -0.4 is 10.3 Å². The van der Waals surface area contributed by atoms with E-state index in [9.17, 15) is 4.79 Å². The van der Waals surface area contributed by atoms with E-state index in [2.05, 4.69) is 20.4 Å². The van der Waals surface area contributed by atoms with E-state index in [0.717, 1.165) is 65.2 Å². The van der Waals surface area contributed by atoms with E-state index in [1.807, 2.05) is 78.3 Å². The first-order valence-corrected chi connectivity index (χ1v) is 12.7. The van der Waals surface area contributed by atoms with Crippen molar-refractivity contribution in [1.82, 2.24) is 25.2 Å². The number of benzene rings is 2. The number of nitrogens with one attached hydrogen (secondary N) is 1. The molecule has 4 heterocycles. The Bertz CT molecular complexity index is 1620. The molecule has 1 N–H and O–H groups in total. The number of fused-ring (bicyclic) bond motifs is 1. The number of hydrogen-bond donors (Lipinski definition) is 1. The molecule has 0 atom stereocenters. The maximum atomic E-state index is 13.4. The lowest BCUT2D eigenvalue weighted by Crippen LogP contribution is -2.23. The van der Waals surface area contributed by atoms with Crippen LogP contribution in [0.2, 0.25) is 0 Å². The van der Waals surface area contributed by atoms with Gasteiger partial charge in [0.2, 0.25) is 0 Å². The summed E-state index contributed by atoms with van der Waals surface area (Å²) in [4.78, 5) is 24.7. The summed E-state index contributed by atoms with van der Waals surface area (Å²) in [7, 11) is 0. The smallest absolute Gasteiger partial charge is 0.272 e. The number of anilines is 1. The van der Waals surface area contributed by atoms with E-state index in [-0.39, 0.29) is 5.91 Å². The molecular formula is C30H27N7O. The van der Waals surface area contributed by atoms with Crippen molar-refractivity contribution in [1.29, 1.82) is 0 Å². The minimum Gasteiger partial charge on any atom is -0.356 e. The molecule has 2 aromatic carbocycles. The minimum atomic E-state index is -0.305.